The third kappa shape index (κ3) is 3.22. The van der Waals surface area contributed by atoms with Crippen LogP contribution in [0.15, 0.2) is 48.5 Å². The highest BCUT2D eigenvalue weighted by atomic mass is 35.5. The molecule has 0 aliphatic heterocycles. The number of methoxy groups -OCH3 is 1. The fourth-order valence-electron chi connectivity index (χ4n) is 1.48. The van der Waals surface area contributed by atoms with Crippen LogP contribution in [0.4, 0.5) is 5.69 Å². The predicted molar refractivity (Wildman–Crippen MR) is 79.8 cm³/mol. The van der Waals surface area contributed by atoms with Gasteiger partial charge in [0.15, 0.2) is 0 Å². The number of nitrogens with one attached hydrogen (secondary N) is 1. The molecule has 0 aliphatic rings. The van der Waals surface area contributed by atoms with E-state index in [1.165, 1.54) is 0 Å². The number of ether oxygens (including phenoxy) is 1. The van der Waals surface area contributed by atoms with E-state index in [1.54, 1.807) is 7.11 Å². The first-order chi connectivity index (χ1) is 8.69. The van der Waals surface area contributed by atoms with Gasteiger partial charge in [-0.1, -0.05) is 23.8 Å². The van der Waals surface area contributed by atoms with Gasteiger partial charge in [-0.2, -0.15) is 0 Å². The second kappa shape index (κ2) is 5.85. The number of hydrogen-bond acceptors (Lipinski definition) is 2. The minimum absolute atomic E-state index is 0.667. The largest absolute Gasteiger partial charge is 0.497 e. The molecular formula is C14H12ClNOS. The highest BCUT2D eigenvalue weighted by Gasteiger charge is 2.02. The molecule has 1 N–H and O–H groups in total. The van der Waals surface area contributed by atoms with Gasteiger partial charge >= 0.3 is 0 Å². The molecule has 0 radical (unpaired) electrons. The molecule has 2 rings (SSSR count). The fourth-order valence-corrected chi connectivity index (χ4v) is 1.86. The highest BCUT2D eigenvalue weighted by molar-refractivity contribution is 7.81. The summed E-state index contributed by atoms with van der Waals surface area (Å²) in [6.45, 7) is 0. The summed E-state index contributed by atoms with van der Waals surface area (Å²) >= 11 is 11.2. The van der Waals surface area contributed by atoms with E-state index in [2.05, 4.69) is 5.32 Å². The lowest BCUT2D eigenvalue weighted by Crippen LogP contribution is -2.10. The topological polar surface area (TPSA) is 21.3 Å². The Bertz CT molecular complexity index is 537. The number of rotatable bonds is 3. The average molecular weight is 278 g/mol. The molecule has 0 saturated carbocycles. The van der Waals surface area contributed by atoms with Crippen molar-refractivity contribution in [2.45, 2.75) is 0 Å². The molecule has 0 aromatic heterocycles. The van der Waals surface area contributed by atoms with Gasteiger partial charge in [0.1, 0.15) is 10.7 Å². The zero-order chi connectivity index (χ0) is 13.0. The van der Waals surface area contributed by atoms with Gasteiger partial charge in [0.25, 0.3) is 0 Å². The maximum atomic E-state index is 5.82. The highest BCUT2D eigenvalue weighted by Crippen LogP contribution is 2.16. The van der Waals surface area contributed by atoms with Crippen molar-refractivity contribution >= 4 is 34.5 Å². The molecule has 0 atom stereocenters. The van der Waals surface area contributed by atoms with Gasteiger partial charge in [0.05, 0.1) is 7.11 Å². The lowest BCUT2D eigenvalue weighted by molar-refractivity contribution is 0.415. The molecule has 0 fully saturated rings. The Morgan fingerprint density at radius 1 is 1.06 bits per heavy atom. The van der Waals surface area contributed by atoms with Crippen LogP contribution in [0.25, 0.3) is 0 Å². The van der Waals surface area contributed by atoms with Crippen LogP contribution >= 0.6 is 23.8 Å². The van der Waals surface area contributed by atoms with Crippen LogP contribution in [0.3, 0.4) is 0 Å². The molecule has 2 aromatic rings. The molecule has 0 spiro atoms. The monoisotopic (exact) mass is 277 g/mol. The van der Waals surface area contributed by atoms with Gasteiger partial charge in [-0.25, -0.2) is 0 Å². The molecule has 4 heteroatoms. The van der Waals surface area contributed by atoms with Crippen LogP contribution in [0.1, 0.15) is 5.56 Å². The van der Waals surface area contributed by atoms with Crippen LogP contribution in [0.5, 0.6) is 5.75 Å². The first-order valence-electron chi connectivity index (χ1n) is 5.40. The van der Waals surface area contributed by atoms with Crippen molar-refractivity contribution in [3.63, 3.8) is 0 Å². The third-order valence-corrected chi connectivity index (χ3v) is 3.04. The summed E-state index contributed by atoms with van der Waals surface area (Å²) in [7, 11) is 1.64. The van der Waals surface area contributed by atoms with E-state index in [4.69, 9.17) is 28.6 Å². The Morgan fingerprint density at radius 3 is 2.22 bits per heavy atom. The summed E-state index contributed by atoms with van der Waals surface area (Å²) in [6.07, 6.45) is 0. The van der Waals surface area contributed by atoms with Crippen LogP contribution in [0.2, 0.25) is 5.02 Å². The van der Waals surface area contributed by atoms with E-state index < -0.39 is 0 Å². The van der Waals surface area contributed by atoms with Gasteiger partial charge in [0, 0.05) is 16.3 Å². The van der Waals surface area contributed by atoms with E-state index in [1.807, 2.05) is 48.5 Å². The lowest BCUT2D eigenvalue weighted by Gasteiger charge is -2.08. The normalized spacial score (nSPS) is 9.89. The molecule has 92 valence electrons. The molecule has 2 aromatic carbocycles. The fraction of sp³-hybridized carbons (Fsp3) is 0.0714. The second-order valence-electron chi connectivity index (χ2n) is 3.69. The lowest BCUT2D eigenvalue weighted by atomic mass is 10.2. The number of benzene rings is 2. The summed E-state index contributed by atoms with van der Waals surface area (Å²) in [5.74, 6) is 0.813. The molecular weight excluding hydrogens is 266 g/mol. The first kappa shape index (κ1) is 12.9. The van der Waals surface area contributed by atoms with Gasteiger partial charge in [-0.05, 0) is 48.5 Å². The van der Waals surface area contributed by atoms with Crippen molar-refractivity contribution in [1.82, 2.24) is 0 Å². The van der Waals surface area contributed by atoms with E-state index in [0.717, 1.165) is 17.0 Å². The number of anilines is 1. The van der Waals surface area contributed by atoms with E-state index in [-0.39, 0.29) is 0 Å². The zero-order valence-corrected chi connectivity index (χ0v) is 11.4. The van der Waals surface area contributed by atoms with Crippen molar-refractivity contribution in [1.29, 1.82) is 0 Å². The molecule has 18 heavy (non-hydrogen) atoms. The number of halogens is 1. The Balaban J connectivity index is 2.09. The minimum atomic E-state index is 0.667. The Morgan fingerprint density at radius 2 is 1.67 bits per heavy atom. The SMILES string of the molecule is COc1ccc(C(=S)Nc2ccc(Cl)cc2)cc1. The zero-order valence-electron chi connectivity index (χ0n) is 9.81. The van der Waals surface area contributed by atoms with Gasteiger partial charge in [-0.3, -0.25) is 0 Å². The van der Waals surface area contributed by atoms with E-state index >= 15 is 0 Å². The molecule has 0 heterocycles. The van der Waals surface area contributed by atoms with Gasteiger partial charge in [0.2, 0.25) is 0 Å². The second-order valence-corrected chi connectivity index (χ2v) is 4.53. The summed E-state index contributed by atoms with van der Waals surface area (Å²) in [6, 6.07) is 15.0. The van der Waals surface area contributed by atoms with E-state index in [0.29, 0.717) is 10.0 Å². The van der Waals surface area contributed by atoms with Crippen LogP contribution < -0.4 is 10.1 Å². The maximum Gasteiger partial charge on any atom is 0.118 e. The molecule has 0 amide bonds. The first-order valence-corrected chi connectivity index (χ1v) is 6.18. The standard InChI is InChI=1S/C14H12ClNOS/c1-17-13-8-2-10(3-9-13)14(18)16-12-6-4-11(15)5-7-12/h2-9H,1H3,(H,16,18). The molecule has 0 unspecified atom stereocenters. The Hall–Kier alpha value is -1.58. The third-order valence-electron chi connectivity index (χ3n) is 2.45. The Kier molecular flexibility index (Phi) is 4.18. The van der Waals surface area contributed by atoms with Crippen molar-refractivity contribution in [2.24, 2.45) is 0 Å². The molecule has 0 saturated heterocycles. The van der Waals surface area contributed by atoms with Crippen LogP contribution in [-0.2, 0) is 0 Å². The summed E-state index contributed by atoms with van der Waals surface area (Å²) in [4.78, 5) is 0.667. The molecule has 0 aliphatic carbocycles. The molecule has 2 nitrogen and oxygen atoms in total. The van der Waals surface area contributed by atoms with Gasteiger partial charge in [-0.15, -0.1) is 0 Å². The summed E-state index contributed by atoms with van der Waals surface area (Å²) in [5.41, 5.74) is 1.86. The average Bonchev–Trinajstić information content (AvgIpc) is 2.41. The Labute approximate surface area is 117 Å². The predicted octanol–water partition coefficient (Wildman–Crippen LogP) is 4.14. The van der Waals surface area contributed by atoms with Gasteiger partial charge < -0.3 is 10.1 Å². The minimum Gasteiger partial charge on any atom is -0.497 e. The van der Waals surface area contributed by atoms with Crippen molar-refractivity contribution < 1.29 is 4.74 Å². The van der Waals surface area contributed by atoms with E-state index in [9.17, 15) is 0 Å². The quantitative estimate of drug-likeness (QED) is 0.852. The number of thiocarbonyl (C=S) groups is 1. The number of hydrogen-bond donors (Lipinski definition) is 1. The summed E-state index contributed by atoms with van der Waals surface area (Å²) < 4.78 is 5.10. The van der Waals surface area contributed by atoms with Crippen molar-refractivity contribution in [2.75, 3.05) is 12.4 Å². The van der Waals surface area contributed by atoms with Crippen LogP contribution in [-0.4, -0.2) is 12.1 Å². The van der Waals surface area contributed by atoms with Crippen molar-refractivity contribution in [3.05, 3.63) is 59.1 Å². The van der Waals surface area contributed by atoms with Crippen LogP contribution in [0, 0.1) is 0 Å². The molecule has 0 bridgehead atoms. The smallest absolute Gasteiger partial charge is 0.118 e. The summed E-state index contributed by atoms with van der Waals surface area (Å²) in [5, 5.41) is 3.86. The van der Waals surface area contributed by atoms with Crippen molar-refractivity contribution in [3.8, 4) is 5.75 Å². The maximum absolute atomic E-state index is 5.82.